The molecule has 3 N–H and O–H groups in total. The molecule has 1 aliphatic rings. The van der Waals surface area contributed by atoms with Crippen LogP contribution >= 0.6 is 0 Å². The van der Waals surface area contributed by atoms with Gasteiger partial charge in [-0.25, -0.2) is 9.97 Å². The molecule has 0 atom stereocenters. The van der Waals surface area contributed by atoms with Crippen LogP contribution < -0.4 is 11.1 Å². The molecular weight excluding hydrogens is 326 g/mol. The average molecular weight is 351 g/mol. The van der Waals surface area contributed by atoms with Gasteiger partial charge in [-0.05, 0) is 37.6 Å². The SMILES string of the molecule is Cc1ccc(N)cc1C#Cc1cnc(NCCCN2CCOCC2)nc1. The third-order valence-corrected chi connectivity index (χ3v) is 4.29. The van der Waals surface area contributed by atoms with E-state index < -0.39 is 0 Å². The summed E-state index contributed by atoms with van der Waals surface area (Å²) >= 11 is 0. The number of benzene rings is 1. The van der Waals surface area contributed by atoms with Crippen LogP contribution in [-0.4, -0.2) is 54.3 Å². The van der Waals surface area contributed by atoms with Crippen molar-refractivity contribution in [3.63, 3.8) is 0 Å². The molecule has 0 amide bonds. The van der Waals surface area contributed by atoms with Gasteiger partial charge in [-0.15, -0.1) is 0 Å². The molecule has 6 heteroatoms. The number of anilines is 2. The van der Waals surface area contributed by atoms with E-state index >= 15 is 0 Å². The summed E-state index contributed by atoms with van der Waals surface area (Å²) in [5.41, 5.74) is 9.34. The van der Waals surface area contributed by atoms with Gasteiger partial charge in [-0.1, -0.05) is 17.9 Å². The van der Waals surface area contributed by atoms with Crippen LogP contribution in [0.4, 0.5) is 11.6 Å². The highest BCUT2D eigenvalue weighted by Gasteiger charge is 2.09. The van der Waals surface area contributed by atoms with Crippen LogP contribution in [0.5, 0.6) is 0 Å². The summed E-state index contributed by atoms with van der Waals surface area (Å²) in [5.74, 6) is 6.86. The lowest BCUT2D eigenvalue weighted by Gasteiger charge is -2.26. The quantitative estimate of drug-likeness (QED) is 0.487. The first-order valence-electron chi connectivity index (χ1n) is 8.95. The minimum Gasteiger partial charge on any atom is -0.399 e. The number of morpholine rings is 1. The van der Waals surface area contributed by atoms with Gasteiger partial charge in [0.2, 0.25) is 5.95 Å². The Kier molecular flexibility index (Phi) is 6.42. The van der Waals surface area contributed by atoms with Crippen LogP contribution in [0.2, 0.25) is 0 Å². The largest absolute Gasteiger partial charge is 0.399 e. The minimum atomic E-state index is 0.637. The Morgan fingerprint density at radius 2 is 1.96 bits per heavy atom. The highest BCUT2D eigenvalue weighted by atomic mass is 16.5. The van der Waals surface area contributed by atoms with Gasteiger partial charge in [0, 0.05) is 43.3 Å². The van der Waals surface area contributed by atoms with E-state index in [9.17, 15) is 0 Å². The number of nitrogens with one attached hydrogen (secondary N) is 1. The molecule has 6 nitrogen and oxygen atoms in total. The molecule has 2 heterocycles. The molecule has 1 aliphatic heterocycles. The number of hydrogen-bond donors (Lipinski definition) is 2. The number of rotatable bonds is 5. The molecule has 0 spiro atoms. The van der Waals surface area contributed by atoms with Crippen molar-refractivity contribution in [2.75, 3.05) is 50.4 Å². The molecule has 2 aromatic rings. The van der Waals surface area contributed by atoms with Crippen molar-refractivity contribution in [1.29, 1.82) is 0 Å². The highest BCUT2D eigenvalue weighted by molar-refractivity contribution is 5.53. The van der Waals surface area contributed by atoms with E-state index in [1.165, 1.54) is 0 Å². The van der Waals surface area contributed by atoms with Gasteiger partial charge in [0.05, 0.1) is 18.8 Å². The standard InChI is InChI=1S/C20H25N5O/c1-16-3-6-19(21)13-18(16)5-4-17-14-23-20(24-15-17)22-7-2-8-25-9-11-26-12-10-25/h3,6,13-15H,2,7-12,21H2,1H3,(H,22,23,24). The van der Waals surface area contributed by atoms with Crippen molar-refractivity contribution in [3.05, 3.63) is 47.3 Å². The van der Waals surface area contributed by atoms with E-state index in [0.29, 0.717) is 11.6 Å². The van der Waals surface area contributed by atoms with Crippen molar-refractivity contribution in [3.8, 4) is 11.8 Å². The van der Waals surface area contributed by atoms with E-state index in [4.69, 9.17) is 10.5 Å². The third kappa shape index (κ3) is 5.45. The predicted octanol–water partition coefficient (Wildman–Crippen LogP) is 1.90. The normalized spacial score (nSPS) is 14.5. The summed E-state index contributed by atoms with van der Waals surface area (Å²) in [7, 11) is 0. The molecule has 0 saturated carbocycles. The summed E-state index contributed by atoms with van der Waals surface area (Å²) in [4.78, 5) is 11.1. The number of aromatic nitrogens is 2. The summed E-state index contributed by atoms with van der Waals surface area (Å²) in [5, 5.41) is 3.26. The van der Waals surface area contributed by atoms with Crippen molar-refractivity contribution < 1.29 is 4.74 Å². The molecule has 0 radical (unpaired) electrons. The lowest BCUT2D eigenvalue weighted by atomic mass is 10.1. The van der Waals surface area contributed by atoms with Crippen molar-refractivity contribution in [2.24, 2.45) is 0 Å². The Labute approximate surface area is 154 Å². The fourth-order valence-corrected chi connectivity index (χ4v) is 2.73. The zero-order chi connectivity index (χ0) is 18.2. The second-order valence-electron chi connectivity index (χ2n) is 6.35. The predicted molar refractivity (Wildman–Crippen MR) is 104 cm³/mol. The fraction of sp³-hybridized carbons (Fsp3) is 0.400. The third-order valence-electron chi connectivity index (χ3n) is 4.29. The van der Waals surface area contributed by atoms with E-state index in [0.717, 1.165) is 62.5 Å². The van der Waals surface area contributed by atoms with Crippen LogP contribution in [0.25, 0.3) is 0 Å². The van der Waals surface area contributed by atoms with Crippen molar-refractivity contribution in [1.82, 2.24) is 14.9 Å². The average Bonchev–Trinajstić information content (AvgIpc) is 2.68. The molecule has 0 bridgehead atoms. The summed E-state index contributed by atoms with van der Waals surface area (Å²) in [6, 6.07) is 5.73. The van der Waals surface area contributed by atoms with Gasteiger partial charge < -0.3 is 15.8 Å². The fourth-order valence-electron chi connectivity index (χ4n) is 2.73. The molecule has 1 aromatic carbocycles. The Morgan fingerprint density at radius 3 is 2.73 bits per heavy atom. The first kappa shape index (κ1) is 18.2. The lowest BCUT2D eigenvalue weighted by molar-refractivity contribution is 0.0378. The second kappa shape index (κ2) is 9.18. The van der Waals surface area contributed by atoms with Gasteiger partial charge >= 0.3 is 0 Å². The molecule has 1 saturated heterocycles. The molecule has 1 aromatic heterocycles. The molecule has 0 aliphatic carbocycles. The second-order valence-corrected chi connectivity index (χ2v) is 6.35. The molecule has 1 fully saturated rings. The number of nitrogen functional groups attached to an aromatic ring is 1. The first-order valence-corrected chi connectivity index (χ1v) is 8.95. The highest BCUT2D eigenvalue weighted by Crippen LogP contribution is 2.11. The molecule has 3 rings (SSSR count). The zero-order valence-corrected chi connectivity index (χ0v) is 15.2. The maximum absolute atomic E-state index is 5.81. The zero-order valence-electron chi connectivity index (χ0n) is 15.2. The maximum atomic E-state index is 5.81. The maximum Gasteiger partial charge on any atom is 0.222 e. The van der Waals surface area contributed by atoms with Gasteiger partial charge in [-0.2, -0.15) is 0 Å². The molecule has 0 unspecified atom stereocenters. The number of ether oxygens (including phenoxy) is 1. The van der Waals surface area contributed by atoms with Crippen molar-refractivity contribution in [2.45, 2.75) is 13.3 Å². The van der Waals surface area contributed by atoms with Crippen LogP contribution in [0.1, 0.15) is 23.1 Å². The summed E-state index contributed by atoms with van der Waals surface area (Å²) in [6.07, 6.45) is 4.54. The topological polar surface area (TPSA) is 76.3 Å². The molecular formula is C20H25N5O. The monoisotopic (exact) mass is 351 g/mol. The van der Waals surface area contributed by atoms with Gasteiger partial charge in [0.15, 0.2) is 0 Å². The van der Waals surface area contributed by atoms with Gasteiger partial charge in [0.1, 0.15) is 0 Å². The van der Waals surface area contributed by atoms with Crippen molar-refractivity contribution >= 4 is 11.6 Å². The summed E-state index contributed by atoms with van der Waals surface area (Å²) in [6.45, 7) is 7.67. The van der Waals surface area contributed by atoms with Gasteiger partial charge in [-0.3, -0.25) is 4.90 Å². The van der Waals surface area contributed by atoms with Crippen LogP contribution in [0, 0.1) is 18.8 Å². The number of hydrogen-bond acceptors (Lipinski definition) is 6. The van der Waals surface area contributed by atoms with E-state index in [2.05, 4.69) is 32.0 Å². The molecule has 136 valence electrons. The lowest BCUT2D eigenvalue weighted by Crippen LogP contribution is -2.37. The van der Waals surface area contributed by atoms with E-state index in [-0.39, 0.29) is 0 Å². The van der Waals surface area contributed by atoms with E-state index in [1.807, 2.05) is 25.1 Å². The smallest absolute Gasteiger partial charge is 0.222 e. The summed E-state index contributed by atoms with van der Waals surface area (Å²) < 4.78 is 5.35. The Hall–Kier alpha value is -2.62. The minimum absolute atomic E-state index is 0.637. The Balaban J connectivity index is 1.47. The number of nitrogens with two attached hydrogens (primary N) is 1. The van der Waals surface area contributed by atoms with Crippen LogP contribution in [0.15, 0.2) is 30.6 Å². The number of aryl methyl sites for hydroxylation is 1. The first-order chi connectivity index (χ1) is 12.7. The van der Waals surface area contributed by atoms with Crippen LogP contribution in [-0.2, 0) is 4.74 Å². The van der Waals surface area contributed by atoms with Crippen LogP contribution in [0.3, 0.4) is 0 Å². The molecule has 26 heavy (non-hydrogen) atoms. The van der Waals surface area contributed by atoms with E-state index in [1.54, 1.807) is 12.4 Å². The van der Waals surface area contributed by atoms with Gasteiger partial charge in [0.25, 0.3) is 0 Å². The Bertz CT molecular complexity index is 773. The number of nitrogens with zero attached hydrogens (tertiary/aromatic N) is 3. The Morgan fingerprint density at radius 1 is 1.19 bits per heavy atom.